The Kier molecular flexibility index (Phi) is 4.40. The highest BCUT2D eigenvalue weighted by molar-refractivity contribution is 5.21. The maximum atomic E-state index is 5.01. The third-order valence-corrected chi connectivity index (χ3v) is 2.83. The lowest BCUT2D eigenvalue weighted by atomic mass is 10.1. The van der Waals surface area contributed by atoms with E-state index >= 15 is 0 Å². The van der Waals surface area contributed by atoms with Crippen molar-refractivity contribution in [2.24, 2.45) is 0 Å². The van der Waals surface area contributed by atoms with E-state index in [0.29, 0.717) is 5.88 Å². The fourth-order valence-corrected chi connectivity index (χ4v) is 1.92. The van der Waals surface area contributed by atoms with E-state index in [1.807, 2.05) is 17.8 Å². The Bertz CT molecular complexity index is 509. The molecular weight excluding hydrogens is 244 g/mol. The van der Waals surface area contributed by atoms with Crippen molar-refractivity contribution in [3.05, 3.63) is 29.7 Å². The van der Waals surface area contributed by atoms with Crippen molar-refractivity contribution in [3.8, 4) is 5.88 Å². The van der Waals surface area contributed by atoms with Crippen LogP contribution in [0.15, 0.2) is 18.3 Å². The van der Waals surface area contributed by atoms with Crippen molar-refractivity contribution in [1.29, 1.82) is 0 Å². The molecule has 2 aromatic heterocycles. The van der Waals surface area contributed by atoms with E-state index in [1.54, 1.807) is 19.4 Å². The summed E-state index contributed by atoms with van der Waals surface area (Å²) in [5, 5.41) is 19.4. The van der Waals surface area contributed by atoms with Crippen LogP contribution in [-0.2, 0) is 6.54 Å². The van der Waals surface area contributed by atoms with Gasteiger partial charge in [0.05, 0.1) is 30.7 Å². The number of ether oxygens (including phenoxy) is 1. The summed E-state index contributed by atoms with van der Waals surface area (Å²) in [7, 11) is 3.44. The second-order valence-corrected chi connectivity index (χ2v) is 4.10. The summed E-state index contributed by atoms with van der Waals surface area (Å²) in [6.07, 6.45) is 2.75. The van der Waals surface area contributed by atoms with Gasteiger partial charge >= 0.3 is 0 Å². The number of nitrogens with one attached hydrogen (secondary N) is 1. The molecule has 0 radical (unpaired) electrons. The van der Waals surface area contributed by atoms with E-state index in [2.05, 4.69) is 32.7 Å². The first-order valence-corrected chi connectivity index (χ1v) is 6.23. The molecule has 7 nitrogen and oxygen atoms in total. The number of aromatic nitrogens is 5. The predicted molar refractivity (Wildman–Crippen MR) is 69.8 cm³/mol. The first kappa shape index (κ1) is 13.4. The van der Waals surface area contributed by atoms with Gasteiger partial charge in [-0.05, 0) is 19.5 Å². The number of rotatable bonds is 6. The number of methoxy groups -OCH3 is 1. The molecule has 0 bridgehead atoms. The normalized spacial score (nSPS) is 12.4. The maximum Gasteiger partial charge on any atom is 0.233 e. The van der Waals surface area contributed by atoms with Crippen molar-refractivity contribution in [2.45, 2.75) is 25.9 Å². The zero-order valence-corrected chi connectivity index (χ0v) is 11.4. The van der Waals surface area contributed by atoms with E-state index in [4.69, 9.17) is 4.74 Å². The molecule has 0 saturated heterocycles. The van der Waals surface area contributed by atoms with Gasteiger partial charge in [0, 0.05) is 12.6 Å². The minimum absolute atomic E-state index is 0.0834. The third-order valence-electron chi connectivity index (χ3n) is 2.83. The Labute approximate surface area is 112 Å². The lowest BCUT2D eigenvalue weighted by Crippen LogP contribution is -2.23. The Hall–Kier alpha value is -2.02. The van der Waals surface area contributed by atoms with Crippen LogP contribution in [0.4, 0.5) is 0 Å². The second kappa shape index (κ2) is 6.24. The highest BCUT2D eigenvalue weighted by Gasteiger charge is 2.19. The van der Waals surface area contributed by atoms with Gasteiger partial charge < -0.3 is 10.1 Å². The Balaban J connectivity index is 2.29. The SMILES string of the molecule is CCCn1nncc1C(NC)c1ccc(OC)nn1. The molecule has 102 valence electrons. The van der Waals surface area contributed by atoms with E-state index in [0.717, 1.165) is 24.4 Å². The Morgan fingerprint density at radius 2 is 2.21 bits per heavy atom. The van der Waals surface area contributed by atoms with Crippen molar-refractivity contribution < 1.29 is 4.74 Å². The minimum Gasteiger partial charge on any atom is -0.480 e. The highest BCUT2D eigenvalue weighted by Crippen LogP contribution is 2.19. The van der Waals surface area contributed by atoms with Crippen LogP contribution >= 0.6 is 0 Å². The monoisotopic (exact) mass is 262 g/mol. The van der Waals surface area contributed by atoms with Gasteiger partial charge in [0.2, 0.25) is 5.88 Å². The average Bonchev–Trinajstić information content (AvgIpc) is 2.89. The van der Waals surface area contributed by atoms with Gasteiger partial charge in [-0.25, -0.2) is 4.68 Å². The quantitative estimate of drug-likeness (QED) is 0.829. The van der Waals surface area contributed by atoms with Crippen molar-refractivity contribution >= 4 is 0 Å². The highest BCUT2D eigenvalue weighted by atomic mass is 16.5. The third kappa shape index (κ3) is 2.87. The molecule has 2 rings (SSSR count). The summed E-state index contributed by atoms with van der Waals surface area (Å²) < 4.78 is 6.89. The molecule has 0 saturated carbocycles. The van der Waals surface area contributed by atoms with Crippen LogP contribution < -0.4 is 10.1 Å². The van der Waals surface area contributed by atoms with E-state index < -0.39 is 0 Å². The van der Waals surface area contributed by atoms with Crippen LogP contribution in [0.25, 0.3) is 0 Å². The van der Waals surface area contributed by atoms with Gasteiger partial charge in [0.25, 0.3) is 0 Å². The van der Waals surface area contributed by atoms with Crippen LogP contribution in [0, 0.1) is 0 Å². The van der Waals surface area contributed by atoms with E-state index in [1.165, 1.54) is 0 Å². The Morgan fingerprint density at radius 1 is 1.37 bits per heavy atom. The van der Waals surface area contributed by atoms with Crippen LogP contribution in [0.1, 0.15) is 30.8 Å². The average molecular weight is 262 g/mol. The van der Waals surface area contributed by atoms with Gasteiger partial charge in [0.1, 0.15) is 0 Å². The van der Waals surface area contributed by atoms with Gasteiger partial charge in [-0.1, -0.05) is 12.1 Å². The summed E-state index contributed by atoms with van der Waals surface area (Å²) in [5.41, 5.74) is 1.78. The summed E-state index contributed by atoms with van der Waals surface area (Å²) in [4.78, 5) is 0. The van der Waals surface area contributed by atoms with E-state index in [-0.39, 0.29) is 6.04 Å². The molecule has 0 fully saturated rings. The van der Waals surface area contributed by atoms with Crippen LogP contribution in [0.5, 0.6) is 5.88 Å². The van der Waals surface area contributed by atoms with Gasteiger partial charge in [-0.2, -0.15) is 0 Å². The maximum absolute atomic E-state index is 5.01. The number of hydrogen-bond acceptors (Lipinski definition) is 6. The summed E-state index contributed by atoms with van der Waals surface area (Å²) >= 11 is 0. The summed E-state index contributed by atoms with van der Waals surface area (Å²) in [6.45, 7) is 2.93. The molecule has 0 aliphatic rings. The molecule has 7 heteroatoms. The minimum atomic E-state index is -0.0834. The summed E-state index contributed by atoms with van der Waals surface area (Å²) in [6, 6.07) is 3.59. The standard InChI is InChI=1S/C12H18N6O/c1-4-7-18-10(8-14-17-18)12(13-2)9-5-6-11(19-3)16-15-9/h5-6,8,12-13H,4,7H2,1-3H3. The molecule has 1 N–H and O–H groups in total. The fraction of sp³-hybridized carbons (Fsp3) is 0.500. The molecular formula is C12H18N6O. The molecule has 0 spiro atoms. The second-order valence-electron chi connectivity index (χ2n) is 4.10. The van der Waals surface area contributed by atoms with Crippen molar-refractivity contribution in [3.63, 3.8) is 0 Å². The molecule has 0 amide bonds. The van der Waals surface area contributed by atoms with Gasteiger partial charge in [-0.15, -0.1) is 15.3 Å². The van der Waals surface area contributed by atoms with Crippen LogP contribution in [0.3, 0.4) is 0 Å². The molecule has 0 aliphatic carbocycles. The zero-order chi connectivity index (χ0) is 13.7. The fourth-order valence-electron chi connectivity index (χ4n) is 1.92. The topological polar surface area (TPSA) is 77.8 Å². The molecule has 2 aromatic rings. The first-order chi connectivity index (χ1) is 9.30. The summed E-state index contributed by atoms with van der Waals surface area (Å²) in [5.74, 6) is 0.499. The molecule has 1 unspecified atom stereocenters. The molecule has 2 heterocycles. The Morgan fingerprint density at radius 3 is 2.79 bits per heavy atom. The molecule has 0 aliphatic heterocycles. The number of nitrogens with zero attached hydrogens (tertiary/aromatic N) is 5. The van der Waals surface area contributed by atoms with Crippen molar-refractivity contribution in [2.75, 3.05) is 14.2 Å². The first-order valence-electron chi connectivity index (χ1n) is 6.23. The zero-order valence-electron chi connectivity index (χ0n) is 11.4. The molecule has 0 aromatic carbocycles. The molecule has 1 atom stereocenters. The van der Waals surface area contributed by atoms with Crippen LogP contribution in [0.2, 0.25) is 0 Å². The van der Waals surface area contributed by atoms with E-state index in [9.17, 15) is 0 Å². The number of aryl methyl sites for hydroxylation is 1. The lowest BCUT2D eigenvalue weighted by Gasteiger charge is -2.16. The van der Waals surface area contributed by atoms with Gasteiger partial charge in [-0.3, -0.25) is 0 Å². The smallest absolute Gasteiger partial charge is 0.233 e. The van der Waals surface area contributed by atoms with Crippen molar-refractivity contribution in [1.82, 2.24) is 30.5 Å². The predicted octanol–water partition coefficient (Wildman–Crippen LogP) is 0.795. The van der Waals surface area contributed by atoms with Gasteiger partial charge in [0.15, 0.2) is 0 Å². The van der Waals surface area contributed by atoms with Crippen LogP contribution in [-0.4, -0.2) is 39.3 Å². The lowest BCUT2D eigenvalue weighted by molar-refractivity contribution is 0.390. The molecule has 19 heavy (non-hydrogen) atoms. The number of hydrogen-bond donors (Lipinski definition) is 1. The largest absolute Gasteiger partial charge is 0.480 e.